The number of benzene rings is 10. The van der Waals surface area contributed by atoms with Gasteiger partial charge in [0.1, 0.15) is 11.2 Å². The zero-order valence-corrected chi connectivity index (χ0v) is 34.6. The summed E-state index contributed by atoms with van der Waals surface area (Å²) in [6.07, 6.45) is 0. The van der Waals surface area contributed by atoms with Crippen molar-refractivity contribution in [2.45, 2.75) is 0 Å². The lowest BCUT2D eigenvalue weighted by atomic mass is 9.96. The normalized spacial score (nSPS) is 12.1. The van der Waals surface area contributed by atoms with Crippen molar-refractivity contribution in [1.82, 2.24) is 13.7 Å². The minimum Gasteiger partial charge on any atom is -0.456 e. The van der Waals surface area contributed by atoms with Gasteiger partial charge >= 0.3 is 0 Å². The Morgan fingerprint density at radius 3 is 1.39 bits per heavy atom. The topological polar surface area (TPSA) is 27.9 Å². The van der Waals surface area contributed by atoms with Crippen LogP contribution in [-0.4, -0.2) is 13.7 Å². The van der Waals surface area contributed by atoms with E-state index in [1.807, 2.05) is 0 Å². The Hall–Kier alpha value is -8.60. The van der Waals surface area contributed by atoms with Crippen LogP contribution in [0.2, 0.25) is 0 Å². The molecule has 0 amide bonds. The molecular formula is C60H37N3O. The van der Waals surface area contributed by atoms with Crippen LogP contribution in [0.15, 0.2) is 229 Å². The molecule has 298 valence electrons. The van der Waals surface area contributed by atoms with Crippen molar-refractivity contribution in [1.29, 1.82) is 0 Å². The number of furan rings is 1. The number of nitrogens with zero attached hydrogens (tertiary/aromatic N) is 3. The second-order valence-corrected chi connectivity index (χ2v) is 16.9. The van der Waals surface area contributed by atoms with Crippen molar-refractivity contribution in [2.75, 3.05) is 0 Å². The Balaban J connectivity index is 1.03. The summed E-state index contributed by atoms with van der Waals surface area (Å²) in [7, 11) is 0. The second-order valence-electron chi connectivity index (χ2n) is 16.9. The number of fused-ring (bicyclic) bond motifs is 12. The van der Waals surface area contributed by atoms with Crippen LogP contribution < -0.4 is 0 Å². The number of para-hydroxylation sites is 5. The summed E-state index contributed by atoms with van der Waals surface area (Å²) in [5, 5.41) is 9.55. The molecule has 0 N–H and O–H groups in total. The highest BCUT2D eigenvalue weighted by Gasteiger charge is 2.23. The molecule has 4 heteroatoms. The third-order valence-electron chi connectivity index (χ3n) is 13.5. The number of rotatable bonds is 5. The van der Waals surface area contributed by atoms with Crippen LogP contribution in [-0.2, 0) is 0 Å². The van der Waals surface area contributed by atoms with Gasteiger partial charge in [0.15, 0.2) is 0 Å². The molecule has 0 saturated carbocycles. The van der Waals surface area contributed by atoms with Crippen LogP contribution in [0, 0.1) is 0 Å². The molecule has 0 saturated heterocycles. The minimum absolute atomic E-state index is 0.865. The quantitative estimate of drug-likeness (QED) is 0.170. The molecule has 0 radical (unpaired) electrons. The largest absolute Gasteiger partial charge is 0.456 e. The minimum atomic E-state index is 0.865. The van der Waals surface area contributed by atoms with Crippen molar-refractivity contribution in [2.24, 2.45) is 0 Å². The van der Waals surface area contributed by atoms with Crippen LogP contribution in [0.3, 0.4) is 0 Å². The van der Waals surface area contributed by atoms with E-state index in [-0.39, 0.29) is 0 Å². The summed E-state index contributed by atoms with van der Waals surface area (Å²) in [5.41, 5.74) is 16.8. The van der Waals surface area contributed by atoms with E-state index in [2.05, 4.69) is 238 Å². The van der Waals surface area contributed by atoms with Gasteiger partial charge in [-0.3, -0.25) is 0 Å². The first-order chi connectivity index (χ1) is 31.8. The van der Waals surface area contributed by atoms with Crippen LogP contribution >= 0.6 is 0 Å². The lowest BCUT2D eigenvalue weighted by Crippen LogP contribution is -2.00. The van der Waals surface area contributed by atoms with Crippen molar-refractivity contribution < 1.29 is 4.42 Å². The molecule has 0 spiro atoms. The molecule has 0 aliphatic carbocycles. The molecule has 0 fully saturated rings. The number of aromatic nitrogens is 3. The first kappa shape index (κ1) is 35.0. The van der Waals surface area contributed by atoms with Crippen LogP contribution in [0.4, 0.5) is 0 Å². The predicted molar refractivity (Wildman–Crippen MR) is 268 cm³/mol. The van der Waals surface area contributed by atoms with E-state index in [9.17, 15) is 0 Å². The zero-order valence-electron chi connectivity index (χ0n) is 34.6. The Morgan fingerprint density at radius 2 is 0.734 bits per heavy atom. The standard InChI is InChI=1S/C60H37N3O/c1-2-14-38(15-3-1)39-26-28-40(29-27-39)43-33-35-58-59(49-20-8-13-25-57(49)64-58)60(43)63-54-24-12-6-18-46(54)48-32-30-42(37-56(48)63)62-53-23-11-7-19-47(53)50-36-41(31-34-55(50)62)61-51-21-9-4-16-44(51)45-17-5-10-22-52(45)61/h1-37H. The lowest BCUT2D eigenvalue weighted by molar-refractivity contribution is 0.669. The molecule has 10 aromatic carbocycles. The molecule has 14 rings (SSSR count). The van der Waals surface area contributed by atoms with E-state index >= 15 is 0 Å². The van der Waals surface area contributed by atoms with Gasteiger partial charge in [-0.25, -0.2) is 0 Å². The second kappa shape index (κ2) is 13.4. The van der Waals surface area contributed by atoms with E-state index in [4.69, 9.17) is 4.42 Å². The highest BCUT2D eigenvalue weighted by Crippen LogP contribution is 2.45. The van der Waals surface area contributed by atoms with Gasteiger partial charge in [-0.05, 0) is 89.5 Å². The maximum absolute atomic E-state index is 6.63. The van der Waals surface area contributed by atoms with Crippen molar-refractivity contribution in [3.63, 3.8) is 0 Å². The van der Waals surface area contributed by atoms with Crippen molar-refractivity contribution in [3.8, 4) is 39.3 Å². The maximum Gasteiger partial charge on any atom is 0.137 e. The fourth-order valence-electron chi connectivity index (χ4n) is 10.7. The van der Waals surface area contributed by atoms with Crippen LogP contribution in [0.25, 0.3) is 127 Å². The van der Waals surface area contributed by atoms with Gasteiger partial charge in [0, 0.05) is 54.6 Å². The molecule has 0 bridgehead atoms. The molecule has 4 heterocycles. The van der Waals surface area contributed by atoms with Gasteiger partial charge in [0.25, 0.3) is 0 Å². The van der Waals surface area contributed by atoms with Gasteiger partial charge in [-0.1, -0.05) is 152 Å². The molecule has 14 aromatic rings. The first-order valence-corrected chi connectivity index (χ1v) is 21.9. The van der Waals surface area contributed by atoms with Gasteiger partial charge < -0.3 is 18.1 Å². The summed E-state index contributed by atoms with van der Waals surface area (Å²) in [4.78, 5) is 0. The molecule has 64 heavy (non-hydrogen) atoms. The monoisotopic (exact) mass is 815 g/mol. The molecule has 0 aliphatic rings. The molecule has 4 nitrogen and oxygen atoms in total. The fraction of sp³-hybridized carbons (Fsp3) is 0. The van der Waals surface area contributed by atoms with E-state index in [0.29, 0.717) is 0 Å². The third kappa shape index (κ3) is 4.99. The summed E-state index contributed by atoms with van der Waals surface area (Å²) < 4.78 is 14.0. The molecule has 0 aliphatic heterocycles. The Bertz CT molecular complexity index is 4130. The van der Waals surface area contributed by atoms with Crippen molar-refractivity contribution >= 4 is 87.4 Å². The molecular weight excluding hydrogens is 779 g/mol. The SMILES string of the molecule is c1ccc(-c2ccc(-c3ccc4oc5ccccc5c4c3-n3c4ccccc4c4ccc(-n5c6ccccc6c6cc(-n7c8ccccc8c8ccccc87)ccc65)cc43)cc2)cc1. The third-order valence-corrected chi connectivity index (χ3v) is 13.5. The fourth-order valence-corrected chi connectivity index (χ4v) is 10.7. The van der Waals surface area contributed by atoms with E-state index < -0.39 is 0 Å². The summed E-state index contributed by atoms with van der Waals surface area (Å²) in [6, 6.07) is 81.5. The van der Waals surface area contributed by atoms with E-state index in [0.717, 1.165) is 66.7 Å². The highest BCUT2D eigenvalue weighted by molar-refractivity contribution is 6.18. The van der Waals surface area contributed by atoms with Crippen LogP contribution in [0.1, 0.15) is 0 Å². The van der Waals surface area contributed by atoms with Gasteiger partial charge in [-0.2, -0.15) is 0 Å². The zero-order chi connectivity index (χ0) is 41.9. The summed E-state index contributed by atoms with van der Waals surface area (Å²) in [6.45, 7) is 0. The summed E-state index contributed by atoms with van der Waals surface area (Å²) in [5.74, 6) is 0. The summed E-state index contributed by atoms with van der Waals surface area (Å²) >= 11 is 0. The smallest absolute Gasteiger partial charge is 0.137 e. The average Bonchev–Trinajstić information content (AvgIpc) is 4.10. The molecule has 0 atom stereocenters. The van der Waals surface area contributed by atoms with Crippen molar-refractivity contribution in [3.05, 3.63) is 224 Å². The highest BCUT2D eigenvalue weighted by atomic mass is 16.3. The number of hydrogen-bond donors (Lipinski definition) is 0. The molecule has 0 unspecified atom stereocenters. The Labute approximate surface area is 367 Å². The first-order valence-electron chi connectivity index (χ1n) is 21.9. The van der Waals surface area contributed by atoms with Crippen LogP contribution in [0.5, 0.6) is 0 Å². The lowest BCUT2D eigenvalue weighted by Gasteiger charge is -2.17. The predicted octanol–water partition coefficient (Wildman–Crippen LogP) is 16.2. The van der Waals surface area contributed by atoms with Gasteiger partial charge in [0.05, 0.1) is 44.2 Å². The Morgan fingerprint density at radius 1 is 0.266 bits per heavy atom. The number of hydrogen-bond acceptors (Lipinski definition) is 1. The van der Waals surface area contributed by atoms with Gasteiger partial charge in [-0.15, -0.1) is 0 Å². The van der Waals surface area contributed by atoms with E-state index in [1.165, 1.54) is 60.0 Å². The average molecular weight is 816 g/mol. The molecule has 4 aromatic heterocycles. The van der Waals surface area contributed by atoms with Gasteiger partial charge in [0.2, 0.25) is 0 Å². The Kier molecular flexibility index (Phi) is 7.36. The maximum atomic E-state index is 6.63. The van der Waals surface area contributed by atoms with E-state index in [1.54, 1.807) is 0 Å².